The summed E-state index contributed by atoms with van der Waals surface area (Å²) >= 11 is 0. The molecule has 0 unspecified atom stereocenters. The van der Waals surface area contributed by atoms with Crippen LogP contribution in [0.15, 0.2) is 73.4 Å². The van der Waals surface area contributed by atoms with E-state index >= 15 is 0 Å². The third-order valence-electron chi connectivity index (χ3n) is 4.39. The zero-order chi connectivity index (χ0) is 20.1. The molecule has 0 aliphatic heterocycles. The first-order chi connectivity index (χ1) is 14.2. The van der Waals surface area contributed by atoms with Crippen LogP contribution < -0.4 is 16.0 Å². The standard InChI is InChI=1S/C22H20N6O/c1-2-25-22(29)28-21-11-18-17(15-5-3-9-23-12-15)7-8-20(19(18)14-26-21)27-16-6-4-10-24-13-16/h3-14,27H,2H2,1H3,(H2,25,26,28,29). The Balaban J connectivity index is 1.81. The summed E-state index contributed by atoms with van der Waals surface area (Å²) in [5, 5.41) is 10.8. The lowest BCUT2D eigenvalue weighted by Crippen LogP contribution is -2.28. The number of carbonyl (C=O) groups is 1. The molecular weight excluding hydrogens is 364 g/mol. The first-order valence-corrected chi connectivity index (χ1v) is 9.29. The Hall–Kier alpha value is -4.00. The Morgan fingerprint density at radius 3 is 2.52 bits per heavy atom. The topological polar surface area (TPSA) is 91.8 Å². The third-order valence-corrected chi connectivity index (χ3v) is 4.39. The molecule has 3 aromatic heterocycles. The summed E-state index contributed by atoms with van der Waals surface area (Å²) in [4.78, 5) is 24.7. The van der Waals surface area contributed by atoms with Crippen LogP contribution in [0.5, 0.6) is 0 Å². The van der Waals surface area contributed by atoms with Crippen LogP contribution in [0.1, 0.15) is 6.92 Å². The lowest BCUT2D eigenvalue weighted by Gasteiger charge is -2.14. The molecule has 0 bridgehead atoms. The zero-order valence-electron chi connectivity index (χ0n) is 15.9. The highest BCUT2D eigenvalue weighted by Crippen LogP contribution is 2.35. The molecule has 0 aliphatic carbocycles. The second-order valence-corrected chi connectivity index (χ2v) is 6.37. The normalized spacial score (nSPS) is 10.5. The van der Waals surface area contributed by atoms with Gasteiger partial charge in [-0.15, -0.1) is 0 Å². The van der Waals surface area contributed by atoms with Crippen molar-refractivity contribution in [3.63, 3.8) is 0 Å². The lowest BCUT2D eigenvalue weighted by molar-refractivity contribution is 0.252. The summed E-state index contributed by atoms with van der Waals surface area (Å²) in [6, 6.07) is 13.4. The van der Waals surface area contributed by atoms with E-state index in [9.17, 15) is 4.79 Å². The molecule has 1 aromatic carbocycles. The number of benzene rings is 1. The molecule has 0 saturated heterocycles. The van der Waals surface area contributed by atoms with E-state index in [-0.39, 0.29) is 6.03 Å². The van der Waals surface area contributed by atoms with E-state index in [0.717, 1.165) is 33.3 Å². The predicted molar refractivity (Wildman–Crippen MR) is 115 cm³/mol. The molecule has 2 amide bonds. The van der Waals surface area contributed by atoms with Gasteiger partial charge in [0.25, 0.3) is 0 Å². The van der Waals surface area contributed by atoms with Gasteiger partial charge < -0.3 is 10.6 Å². The number of anilines is 3. The lowest BCUT2D eigenvalue weighted by atomic mass is 9.99. The SMILES string of the molecule is CCNC(=O)Nc1cc2c(-c3cccnc3)ccc(Nc3cccnc3)c2cn1. The average Bonchev–Trinajstić information content (AvgIpc) is 2.75. The molecule has 3 heterocycles. The maximum Gasteiger partial charge on any atom is 0.320 e. The van der Waals surface area contributed by atoms with Crippen molar-refractivity contribution in [2.24, 2.45) is 0 Å². The summed E-state index contributed by atoms with van der Waals surface area (Å²) in [5.41, 5.74) is 3.77. The van der Waals surface area contributed by atoms with E-state index in [2.05, 4.69) is 30.9 Å². The van der Waals surface area contributed by atoms with Gasteiger partial charge in [-0.2, -0.15) is 0 Å². The van der Waals surface area contributed by atoms with Gasteiger partial charge in [0.05, 0.1) is 11.9 Å². The first-order valence-electron chi connectivity index (χ1n) is 9.29. The number of carbonyl (C=O) groups excluding carboxylic acids is 1. The molecule has 4 aromatic rings. The molecule has 0 aliphatic rings. The van der Waals surface area contributed by atoms with Crippen molar-refractivity contribution in [2.75, 3.05) is 17.2 Å². The van der Waals surface area contributed by atoms with Crippen molar-refractivity contribution in [2.45, 2.75) is 6.92 Å². The summed E-state index contributed by atoms with van der Waals surface area (Å²) in [7, 11) is 0. The Labute approximate surface area is 168 Å². The van der Waals surface area contributed by atoms with Gasteiger partial charge in [0, 0.05) is 48.0 Å². The zero-order valence-corrected chi connectivity index (χ0v) is 15.9. The number of fused-ring (bicyclic) bond motifs is 1. The largest absolute Gasteiger partial charge is 0.354 e. The van der Waals surface area contributed by atoms with Gasteiger partial charge in [-0.3, -0.25) is 15.3 Å². The van der Waals surface area contributed by atoms with Gasteiger partial charge in [0.15, 0.2) is 0 Å². The van der Waals surface area contributed by atoms with Gasteiger partial charge in [-0.05, 0) is 48.2 Å². The second kappa shape index (κ2) is 8.35. The van der Waals surface area contributed by atoms with Gasteiger partial charge in [-0.25, -0.2) is 9.78 Å². The van der Waals surface area contributed by atoms with Crippen molar-refractivity contribution < 1.29 is 4.79 Å². The van der Waals surface area contributed by atoms with E-state index in [1.807, 2.05) is 55.6 Å². The van der Waals surface area contributed by atoms with Gasteiger partial charge >= 0.3 is 6.03 Å². The fourth-order valence-electron chi connectivity index (χ4n) is 3.10. The van der Waals surface area contributed by atoms with Crippen molar-refractivity contribution in [3.8, 4) is 11.1 Å². The van der Waals surface area contributed by atoms with E-state index in [4.69, 9.17) is 0 Å². The van der Waals surface area contributed by atoms with Crippen LogP contribution in [0, 0.1) is 0 Å². The highest BCUT2D eigenvalue weighted by atomic mass is 16.2. The highest BCUT2D eigenvalue weighted by molar-refractivity contribution is 6.05. The van der Waals surface area contributed by atoms with E-state index in [1.54, 1.807) is 24.8 Å². The molecule has 29 heavy (non-hydrogen) atoms. The van der Waals surface area contributed by atoms with Crippen LogP contribution in [-0.2, 0) is 0 Å². The maximum atomic E-state index is 11.9. The smallest absolute Gasteiger partial charge is 0.320 e. The van der Waals surface area contributed by atoms with Crippen LogP contribution in [0.25, 0.3) is 21.9 Å². The molecule has 4 rings (SSSR count). The molecule has 7 heteroatoms. The molecule has 7 nitrogen and oxygen atoms in total. The van der Waals surface area contributed by atoms with Crippen LogP contribution >= 0.6 is 0 Å². The highest BCUT2D eigenvalue weighted by Gasteiger charge is 2.11. The fourth-order valence-corrected chi connectivity index (χ4v) is 3.10. The number of urea groups is 1. The van der Waals surface area contributed by atoms with Crippen molar-refractivity contribution >= 4 is 34.0 Å². The third kappa shape index (κ3) is 4.14. The Morgan fingerprint density at radius 1 is 0.966 bits per heavy atom. The molecule has 0 fully saturated rings. The Bertz CT molecular complexity index is 1130. The average molecular weight is 384 g/mol. The van der Waals surface area contributed by atoms with E-state index in [0.29, 0.717) is 12.4 Å². The second-order valence-electron chi connectivity index (χ2n) is 6.37. The predicted octanol–water partition coefficient (Wildman–Crippen LogP) is 4.58. The van der Waals surface area contributed by atoms with Crippen LogP contribution in [-0.4, -0.2) is 27.5 Å². The summed E-state index contributed by atoms with van der Waals surface area (Å²) in [6.07, 6.45) is 8.82. The first kappa shape index (κ1) is 18.4. The monoisotopic (exact) mass is 384 g/mol. The van der Waals surface area contributed by atoms with Gasteiger partial charge in [-0.1, -0.05) is 12.1 Å². The van der Waals surface area contributed by atoms with Crippen LogP contribution in [0.2, 0.25) is 0 Å². The number of pyridine rings is 3. The van der Waals surface area contributed by atoms with Gasteiger partial charge in [0.1, 0.15) is 5.82 Å². The number of amides is 2. The molecule has 0 spiro atoms. The molecule has 144 valence electrons. The minimum Gasteiger partial charge on any atom is -0.354 e. The number of nitrogens with one attached hydrogen (secondary N) is 3. The fraction of sp³-hybridized carbons (Fsp3) is 0.0909. The van der Waals surface area contributed by atoms with E-state index in [1.165, 1.54) is 0 Å². The molecule has 0 saturated carbocycles. The molecule has 0 radical (unpaired) electrons. The molecule has 3 N–H and O–H groups in total. The summed E-state index contributed by atoms with van der Waals surface area (Å²) in [6.45, 7) is 2.41. The van der Waals surface area contributed by atoms with Gasteiger partial charge in [0.2, 0.25) is 0 Å². The Kier molecular flexibility index (Phi) is 5.29. The minimum absolute atomic E-state index is 0.285. The van der Waals surface area contributed by atoms with E-state index < -0.39 is 0 Å². The van der Waals surface area contributed by atoms with Crippen molar-refractivity contribution in [1.82, 2.24) is 20.3 Å². The summed E-state index contributed by atoms with van der Waals surface area (Å²) in [5.74, 6) is 0.479. The number of rotatable bonds is 5. The molecule has 0 atom stereocenters. The van der Waals surface area contributed by atoms with Crippen molar-refractivity contribution in [3.05, 3.63) is 73.4 Å². The number of aromatic nitrogens is 3. The number of hydrogen-bond donors (Lipinski definition) is 3. The minimum atomic E-state index is -0.285. The Morgan fingerprint density at radius 2 is 1.79 bits per heavy atom. The van der Waals surface area contributed by atoms with Crippen LogP contribution in [0.3, 0.4) is 0 Å². The molecular formula is C22H20N6O. The van der Waals surface area contributed by atoms with Crippen molar-refractivity contribution in [1.29, 1.82) is 0 Å². The quantitative estimate of drug-likeness (QED) is 0.468. The maximum absolute atomic E-state index is 11.9. The van der Waals surface area contributed by atoms with Crippen LogP contribution in [0.4, 0.5) is 22.0 Å². The summed E-state index contributed by atoms with van der Waals surface area (Å²) < 4.78 is 0. The number of nitrogens with zero attached hydrogens (tertiary/aromatic N) is 3. The number of hydrogen-bond acceptors (Lipinski definition) is 5.